The van der Waals surface area contributed by atoms with Gasteiger partial charge < -0.3 is 4.79 Å². The summed E-state index contributed by atoms with van der Waals surface area (Å²) in [5.41, 5.74) is 0. The Bertz CT molecular complexity index is 191. The fourth-order valence-electron chi connectivity index (χ4n) is 0.587. The fourth-order valence-corrected chi connectivity index (χ4v) is 1.28. The van der Waals surface area contributed by atoms with Crippen LogP contribution in [0, 0.1) is 0 Å². The lowest BCUT2D eigenvalue weighted by molar-refractivity contribution is -0.130. The number of hydrogen-bond acceptors (Lipinski definition) is 4. The fraction of sp³-hybridized carbons (Fsp3) is 0.400. The molecule has 0 spiro atoms. The average molecular weight is 159 g/mol. The molecule has 0 unspecified atom stereocenters. The van der Waals surface area contributed by atoms with Crippen molar-refractivity contribution >= 4 is 29.9 Å². The molecule has 54 valence electrons. The van der Waals surface area contributed by atoms with E-state index in [0.717, 1.165) is 11.8 Å². The van der Waals surface area contributed by atoms with E-state index in [0.29, 0.717) is 6.29 Å². The summed E-state index contributed by atoms with van der Waals surface area (Å²) in [4.78, 5) is 31.2. The number of hydrogen-bond donors (Lipinski definition) is 1. The molecule has 0 aliphatic carbocycles. The van der Waals surface area contributed by atoms with Gasteiger partial charge in [0, 0.05) is 0 Å². The van der Waals surface area contributed by atoms with Gasteiger partial charge in [0.25, 0.3) is 0 Å². The number of amides is 2. The van der Waals surface area contributed by atoms with Crippen LogP contribution in [0.3, 0.4) is 0 Å². The Kier molecular flexibility index (Phi) is 2.06. The molecule has 1 atom stereocenters. The van der Waals surface area contributed by atoms with E-state index >= 15 is 0 Å². The van der Waals surface area contributed by atoms with Gasteiger partial charge in [-0.2, -0.15) is 0 Å². The molecule has 10 heavy (non-hydrogen) atoms. The summed E-state index contributed by atoms with van der Waals surface area (Å²) < 4.78 is 0. The summed E-state index contributed by atoms with van der Waals surface area (Å²) in [5.74, 6) is -0.640. The van der Waals surface area contributed by atoms with E-state index < -0.39 is 11.2 Å². The summed E-state index contributed by atoms with van der Waals surface area (Å²) >= 11 is 1.05. The smallest absolute Gasteiger partial charge is 0.246 e. The van der Waals surface area contributed by atoms with Gasteiger partial charge in [0.1, 0.15) is 11.5 Å². The van der Waals surface area contributed by atoms with Gasteiger partial charge >= 0.3 is 0 Å². The van der Waals surface area contributed by atoms with Gasteiger partial charge in [-0.15, -0.1) is 11.8 Å². The summed E-state index contributed by atoms with van der Waals surface area (Å²) in [5, 5.41) is 1.35. The number of aldehydes is 1. The normalized spacial score (nSPS) is 25.8. The number of carbonyl (C=O) groups is 3. The van der Waals surface area contributed by atoms with Crippen LogP contribution in [-0.4, -0.2) is 29.1 Å². The number of imide groups is 1. The molecule has 1 fully saturated rings. The van der Waals surface area contributed by atoms with Crippen molar-refractivity contribution in [1.29, 1.82) is 0 Å². The van der Waals surface area contributed by atoms with E-state index in [1.165, 1.54) is 0 Å². The second-order valence-electron chi connectivity index (χ2n) is 1.78. The Labute approximate surface area is 61.4 Å². The molecule has 0 aromatic heterocycles. The largest absolute Gasteiger partial charge is 0.302 e. The zero-order chi connectivity index (χ0) is 7.56. The van der Waals surface area contributed by atoms with E-state index in [-0.39, 0.29) is 11.7 Å². The van der Waals surface area contributed by atoms with Crippen molar-refractivity contribution < 1.29 is 14.4 Å². The maximum Gasteiger partial charge on any atom is 0.246 e. The van der Waals surface area contributed by atoms with Crippen LogP contribution in [0.1, 0.15) is 0 Å². The molecule has 0 radical (unpaired) electrons. The SMILES string of the molecule is O=C[C@@H]1SCC(=O)NC1=O. The molecule has 5 heteroatoms. The Morgan fingerprint density at radius 1 is 1.60 bits per heavy atom. The standard InChI is InChI=1S/C5H5NO3S/c7-1-3-5(9)6-4(8)2-10-3/h1,3H,2H2,(H,6,8,9)/t3-/m0/s1. The third kappa shape index (κ3) is 1.36. The predicted octanol–water partition coefficient (Wildman–Crippen LogP) is -1.06. The molecule has 0 bridgehead atoms. The van der Waals surface area contributed by atoms with Crippen LogP contribution in [0.5, 0.6) is 0 Å². The van der Waals surface area contributed by atoms with Gasteiger partial charge in [-0.1, -0.05) is 0 Å². The van der Waals surface area contributed by atoms with Crippen LogP contribution in [0.15, 0.2) is 0 Å². The molecule has 1 saturated heterocycles. The van der Waals surface area contributed by atoms with Crippen LogP contribution in [0.4, 0.5) is 0 Å². The van der Waals surface area contributed by atoms with E-state index in [2.05, 4.69) is 5.32 Å². The molecule has 1 aliphatic rings. The minimum Gasteiger partial charge on any atom is -0.302 e. The van der Waals surface area contributed by atoms with Crippen molar-refractivity contribution in [1.82, 2.24) is 5.32 Å². The molecule has 1 aliphatic heterocycles. The molecule has 0 aromatic rings. The van der Waals surface area contributed by atoms with Crippen LogP contribution in [0.25, 0.3) is 0 Å². The number of nitrogens with one attached hydrogen (secondary N) is 1. The van der Waals surface area contributed by atoms with Crippen molar-refractivity contribution in [2.24, 2.45) is 0 Å². The van der Waals surface area contributed by atoms with E-state index in [1.54, 1.807) is 0 Å². The molecule has 0 aromatic carbocycles. The first kappa shape index (κ1) is 7.27. The lowest BCUT2D eigenvalue weighted by Gasteiger charge is -2.14. The highest BCUT2D eigenvalue weighted by Gasteiger charge is 2.26. The average Bonchev–Trinajstić information content (AvgIpc) is 1.88. The summed E-state index contributed by atoms with van der Waals surface area (Å²) in [6.07, 6.45) is 0.534. The first-order valence-electron chi connectivity index (χ1n) is 2.64. The first-order valence-corrected chi connectivity index (χ1v) is 3.69. The second-order valence-corrected chi connectivity index (χ2v) is 2.91. The molecule has 2 amide bonds. The van der Waals surface area contributed by atoms with Crippen molar-refractivity contribution in [3.05, 3.63) is 0 Å². The molecular weight excluding hydrogens is 154 g/mol. The topological polar surface area (TPSA) is 63.2 Å². The third-order valence-electron chi connectivity index (χ3n) is 1.04. The van der Waals surface area contributed by atoms with Gasteiger partial charge in [-0.3, -0.25) is 14.9 Å². The molecule has 1 N–H and O–H groups in total. The monoisotopic (exact) mass is 159 g/mol. The third-order valence-corrected chi connectivity index (χ3v) is 2.15. The zero-order valence-corrected chi connectivity index (χ0v) is 5.81. The Balaban J connectivity index is 2.59. The Morgan fingerprint density at radius 2 is 2.30 bits per heavy atom. The van der Waals surface area contributed by atoms with E-state index in [9.17, 15) is 14.4 Å². The predicted molar refractivity (Wildman–Crippen MR) is 35.5 cm³/mol. The Morgan fingerprint density at radius 3 is 2.80 bits per heavy atom. The second kappa shape index (κ2) is 2.83. The molecule has 4 nitrogen and oxygen atoms in total. The maximum atomic E-state index is 10.7. The van der Waals surface area contributed by atoms with Gasteiger partial charge in [-0.05, 0) is 0 Å². The molecule has 1 rings (SSSR count). The van der Waals surface area contributed by atoms with Crippen LogP contribution < -0.4 is 5.32 Å². The summed E-state index contributed by atoms with van der Waals surface area (Å²) in [6, 6.07) is 0. The quantitative estimate of drug-likeness (QED) is 0.301. The van der Waals surface area contributed by atoms with Gasteiger partial charge in [0.05, 0.1) is 5.75 Å². The van der Waals surface area contributed by atoms with Gasteiger partial charge in [-0.25, -0.2) is 0 Å². The van der Waals surface area contributed by atoms with Crippen LogP contribution >= 0.6 is 11.8 Å². The van der Waals surface area contributed by atoms with Crippen molar-refractivity contribution in [2.75, 3.05) is 5.75 Å². The van der Waals surface area contributed by atoms with Crippen molar-refractivity contribution in [2.45, 2.75) is 5.25 Å². The number of rotatable bonds is 1. The Hall–Kier alpha value is -0.840. The maximum absolute atomic E-state index is 10.7. The van der Waals surface area contributed by atoms with Crippen LogP contribution in [0.2, 0.25) is 0 Å². The highest BCUT2D eigenvalue weighted by Crippen LogP contribution is 2.12. The van der Waals surface area contributed by atoms with Crippen molar-refractivity contribution in [3.8, 4) is 0 Å². The number of carbonyl (C=O) groups excluding carboxylic acids is 3. The first-order chi connectivity index (χ1) is 4.74. The van der Waals surface area contributed by atoms with Crippen molar-refractivity contribution in [3.63, 3.8) is 0 Å². The highest BCUT2D eigenvalue weighted by atomic mass is 32.2. The van der Waals surface area contributed by atoms with E-state index in [1.807, 2.05) is 0 Å². The minimum absolute atomic E-state index is 0.190. The number of thioether (sulfide) groups is 1. The highest BCUT2D eigenvalue weighted by molar-refractivity contribution is 8.02. The zero-order valence-electron chi connectivity index (χ0n) is 4.99. The van der Waals surface area contributed by atoms with Gasteiger partial charge in [0.15, 0.2) is 0 Å². The lowest BCUT2D eigenvalue weighted by Crippen LogP contribution is -2.44. The van der Waals surface area contributed by atoms with Gasteiger partial charge in [0.2, 0.25) is 11.8 Å². The minimum atomic E-state index is -0.697. The lowest BCUT2D eigenvalue weighted by atomic mass is 10.4. The summed E-state index contributed by atoms with van der Waals surface area (Å²) in [7, 11) is 0. The summed E-state index contributed by atoms with van der Waals surface area (Å²) in [6.45, 7) is 0. The molecular formula is C5H5NO3S. The van der Waals surface area contributed by atoms with Crippen LogP contribution in [-0.2, 0) is 14.4 Å². The van der Waals surface area contributed by atoms with E-state index in [4.69, 9.17) is 0 Å². The molecule has 0 saturated carbocycles. The molecule has 1 heterocycles.